The molecule has 2 N–H and O–H groups in total. The average molecular weight is 560 g/mol. The first-order valence-electron chi connectivity index (χ1n) is 17.4. The van der Waals surface area contributed by atoms with E-state index in [0.717, 1.165) is 30.8 Å². The van der Waals surface area contributed by atoms with Gasteiger partial charge in [-0.15, -0.1) is 0 Å². The summed E-state index contributed by atoms with van der Waals surface area (Å²) >= 11 is 0. The van der Waals surface area contributed by atoms with Crippen LogP contribution in [0.15, 0.2) is 24.5 Å². The molecule has 1 aromatic rings. The van der Waals surface area contributed by atoms with Gasteiger partial charge in [-0.1, -0.05) is 150 Å². The minimum atomic E-state index is -0.398. The lowest BCUT2D eigenvalue weighted by Crippen LogP contribution is -2.36. The Morgan fingerprint density at radius 2 is 1.23 bits per heavy atom. The van der Waals surface area contributed by atoms with E-state index in [4.69, 9.17) is 10.5 Å². The molecule has 4 nitrogen and oxygen atoms in total. The fraction of sp³-hybridized carbons (Fsp3) is 0.833. The molecule has 0 saturated heterocycles. The Kier molecular flexibility index (Phi) is 23.2. The second-order valence-electron chi connectivity index (χ2n) is 12.7. The van der Waals surface area contributed by atoms with E-state index in [1.807, 2.05) is 16.8 Å². The first-order valence-corrected chi connectivity index (χ1v) is 17.4. The number of rotatable bonds is 28. The number of nitrogens with two attached hydrogens (primary N) is 1. The summed E-state index contributed by atoms with van der Waals surface area (Å²) in [6.45, 7) is 10.6. The molecule has 3 unspecified atom stereocenters. The first kappa shape index (κ1) is 36.6. The molecule has 0 saturated carbocycles. The number of carbonyl (C=O) groups excluding carboxylic acids is 1. The summed E-state index contributed by atoms with van der Waals surface area (Å²) in [6.07, 6.45) is 32.6. The zero-order chi connectivity index (χ0) is 29.3. The first-order chi connectivity index (χ1) is 19.5. The SMILES string of the molecule is CCCCCCC(CCCCC)CCCC(CCCOC[n+]1cccc(C(N)=O)c1)CCCC(C)CCCCC. The quantitative estimate of drug-likeness (QED) is 0.0820. The molecule has 0 aliphatic carbocycles. The van der Waals surface area contributed by atoms with Crippen molar-refractivity contribution in [2.75, 3.05) is 6.61 Å². The van der Waals surface area contributed by atoms with Crippen molar-refractivity contribution in [2.45, 2.75) is 169 Å². The van der Waals surface area contributed by atoms with Gasteiger partial charge in [-0.2, -0.15) is 4.57 Å². The van der Waals surface area contributed by atoms with E-state index in [1.54, 1.807) is 12.3 Å². The minimum Gasteiger partial charge on any atom is -0.365 e. The van der Waals surface area contributed by atoms with Crippen LogP contribution in [-0.2, 0) is 11.5 Å². The number of unbranched alkanes of at least 4 members (excludes halogenated alkanes) is 7. The highest BCUT2D eigenvalue weighted by Crippen LogP contribution is 2.28. The van der Waals surface area contributed by atoms with Crippen LogP contribution in [-0.4, -0.2) is 12.5 Å². The maximum Gasteiger partial charge on any atom is 0.254 e. The van der Waals surface area contributed by atoms with Crippen LogP contribution in [0.2, 0.25) is 0 Å². The lowest BCUT2D eigenvalue weighted by Gasteiger charge is -2.21. The van der Waals surface area contributed by atoms with Crippen LogP contribution in [0.25, 0.3) is 0 Å². The predicted octanol–water partition coefficient (Wildman–Crippen LogP) is 10.2. The standard InChI is InChI=1S/C36H66N2O2/c1-5-8-11-14-22-33(21-13-10-7-3)24-16-25-34(23-15-20-32(4)19-12-9-6-2)26-18-29-40-31-38-28-17-27-35(30-38)36(37)39/h17,27-28,30,32-34H,5-16,18-26,29,31H2,1-4H3,(H-,37,39)/p+1. The van der Waals surface area contributed by atoms with Crippen LogP contribution in [0.1, 0.15) is 173 Å². The number of ether oxygens (including phenoxy) is 1. The van der Waals surface area contributed by atoms with Gasteiger partial charge in [0.05, 0.1) is 6.61 Å². The summed E-state index contributed by atoms with van der Waals surface area (Å²) in [5.41, 5.74) is 5.93. The Bertz CT molecular complexity index is 723. The fourth-order valence-corrected chi connectivity index (χ4v) is 6.14. The maximum atomic E-state index is 11.4. The van der Waals surface area contributed by atoms with E-state index in [1.165, 1.54) is 128 Å². The topological polar surface area (TPSA) is 56.2 Å². The molecule has 40 heavy (non-hydrogen) atoms. The third-order valence-electron chi connectivity index (χ3n) is 8.80. The molecule has 0 aliphatic rings. The van der Waals surface area contributed by atoms with Crippen molar-refractivity contribution >= 4 is 5.91 Å². The van der Waals surface area contributed by atoms with E-state index in [0.29, 0.717) is 12.3 Å². The number of nitrogens with zero attached hydrogens (tertiary/aromatic N) is 1. The molecular formula is C36H67N2O2+. The van der Waals surface area contributed by atoms with Gasteiger partial charge in [0.15, 0.2) is 12.4 Å². The van der Waals surface area contributed by atoms with Crippen molar-refractivity contribution in [2.24, 2.45) is 23.5 Å². The molecule has 1 amide bonds. The second-order valence-corrected chi connectivity index (χ2v) is 12.7. The van der Waals surface area contributed by atoms with Crippen molar-refractivity contribution < 1.29 is 14.1 Å². The fourth-order valence-electron chi connectivity index (χ4n) is 6.14. The van der Waals surface area contributed by atoms with Crippen molar-refractivity contribution in [3.8, 4) is 0 Å². The molecule has 0 aliphatic heterocycles. The molecular weight excluding hydrogens is 492 g/mol. The smallest absolute Gasteiger partial charge is 0.254 e. The summed E-state index contributed by atoms with van der Waals surface area (Å²) in [7, 11) is 0. The summed E-state index contributed by atoms with van der Waals surface area (Å²) in [4.78, 5) is 11.4. The average Bonchev–Trinajstić information content (AvgIpc) is 2.95. The molecule has 0 bridgehead atoms. The molecule has 4 heteroatoms. The van der Waals surface area contributed by atoms with Gasteiger partial charge in [-0.25, -0.2) is 0 Å². The number of aromatic nitrogens is 1. The van der Waals surface area contributed by atoms with E-state index < -0.39 is 5.91 Å². The van der Waals surface area contributed by atoms with E-state index in [2.05, 4.69) is 27.7 Å². The Labute approximate surface area is 249 Å². The lowest BCUT2D eigenvalue weighted by molar-refractivity contribution is -0.732. The Hall–Kier alpha value is -1.42. The largest absolute Gasteiger partial charge is 0.365 e. The molecule has 232 valence electrons. The molecule has 0 radical (unpaired) electrons. The van der Waals surface area contributed by atoms with Gasteiger partial charge in [-0.05, 0) is 36.7 Å². The summed E-state index contributed by atoms with van der Waals surface area (Å²) < 4.78 is 7.87. The summed E-state index contributed by atoms with van der Waals surface area (Å²) in [5.74, 6) is 2.24. The van der Waals surface area contributed by atoms with Gasteiger partial charge < -0.3 is 10.5 Å². The molecule has 0 aromatic carbocycles. The minimum absolute atomic E-state index is 0.398. The highest BCUT2D eigenvalue weighted by Gasteiger charge is 2.14. The summed E-state index contributed by atoms with van der Waals surface area (Å²) in [5, 5.41) is 0. The molecule has 1 rings (SSSR count). The third-order valence-corrected chi connectivity index (χ3v) is 8.80. The highest BCUT2D eigenvalue weighted by molar-refractivity contribution is 5.92. The monoisotopic (exact) mass is 560 g/mol. The third kappa shape index (κ3) is 19.6. The normalized spacial score (nSPS) is 13.8. The molecule has 3 atom stereocenters. The van der Waals surface area contributed by atoms with Gasteiger partial charge in [0.25, 0.3) is 12.6 Å². The summed E-state index contributed by atoms with van der Waals surface area (Å²) in [6, 6.07) is 3.59. The molecule has 1 aromatic heterocycles. The second kappa shape index (κ2) is 25.3. The van der Waals surface area contributed by atoms with Crippen LogP contribution in [0.3, 0.4) is 0 Å². The maximum absolute atomic E-state index is 11.4. The number of primary amides is 1. The zero-order valence-corrected chi connectivity index (χ0v) is 27.1. The van der Waals surface area contributed by atoms with Crippen molar-refractivity contribution in [1.82, 2.24) is 0 Å². The van der Waals surface area contributed by atoms with Crippen molar-refractivity contribution in [3.05, 3.63) is 30.1 Å². The van der Waals surface area contributed by atoms with Crippen LogP contribution in [0, 0.1) is 17.8 Å². The van der Waals surface area contributed by atoms with Gasteiger partial charge >= 0.3 is 0 Å². The van der Waals surface area contributed by atoms with Crippen LogP contribution >= 0.6 is 0 Å². The lowest BCUT2D eigenvalue weighted by atomic mass is 9.85. The van der Waals surface area contributed by atoms with Crippen molar-refractivity contribution in [3.63, 3.8) is 0 Å². The molecule has 1 heterocycles. The van der Waals surface area contributed by atoms with E-state index >= 15 is 0 Å². The molecule has 0 spiro atoms. The Balaban J connectivity index is 2.50. The van der Waals surface area contributed by atoms with E-state index in [9.17, 15) is 4.79 Å². The highest BCUT2D eigenvalue weighted by atomic mass is 16.5. The zero-order valence-electron chi connectivity index (χ0n) is 27.1. The van der Waals surface area contributed by atoms with Gasteiger partial charge in [0.2, 0.25) is 0 Å². The number of amides is 1. The van der Waals surface area contributed by atoms with Gasteiger partial charge in [0, 0.05) is 6.07 Å². The van der Waals surface area contributed by atoms with E-state index in [-0.39, 0.29) is 0 Å². The van der Waals surface area contributed by atoms with Crippen LogP contribution < -0.4 is 10.3 Å². The number of pyridine rings is 1. The number of carbonyl (C=O) groups is 1. The van der Waals surface area contributed by atoms with Crippen LogP contribution in [0.4, 0.5) is 0 Å². The molecule has 0 fully saturated rings. The predicted molar refractivity (Wildman–Crippen MR) is 171 cm³/mol. The van der Waals surface area contributed by atoms with Crippen LogP contribution in [0.5, 0.6) is 0 Å². The van der Waals surface area contributed by atoms with Crippen molar-refractivity contribution in [1.29, 1.82) is 0 Å². The number of hydrogen-bond acceptors (Lipinski definition) is 2. The Morgan fingerprint density at radius 1 is 0.725 bits per heavy atom. The van der Waals surface area contributed by atoms with Gasteiger partial charge in [0.1, 0.15) is 5.56 Å². The number of hydrogen-bond donors (Lipinski definition) is 1. The van der Waals surface area contributed by atoms with Gasteiger partial charge in [-0.3, -0.25) is 4.79 Å². The Morgan fingerprint density at radius 3 is 1.85 bits per heavy atom.